The summed E-state index contributed by atoms with van der Waals surface area (Å²) in [5.41, 5.74) is 0. The monoisotopic (exact) mass is 337 g/mol. The van der Waals surface area contributed by atoms with Crippen molar-refractivity contribution in [1.29, 1.82) is 0 Å². The molecule has 0 aliphatic carbocycles. The average molecular weight is 338 g/mol. The number of ether oxygens (including phenoxy) is 1. The van der Waals surface area contributed by atoms with E-state index in [0.29, 0.717) is 5.92 Å². The van der Waals surface area contributed by atoms with E-state index in [1.54, 1.807) is 0 Å². The SMILES string of the molecule is CC1CCN(C[C@@H]2CCCN(C(=O)N[C@@H](C)[C@@H]3CCCO3)C2)CC1. The van der Waals surface area contributed by atoms with Crippen LogP contribution in [0.3, 0.4) is 0 Å². The summed E-state index contributed by atoms with van der Waals surface area (Å²) in [4.78, 5) is 17.2. The number of rotatable bonds is 4. The molecular formula is C19H35N3O2. The normalized spacial score (nSPS) is 31.2. The third-order valence-electron chi connectivity index (χ3n) is 6.07. The van der Waals surface area contributed by atoms with Gasteiger partial charge in [-0.1, -0.05) is 6.92 Å². The lowest BCUT2D eigenvalue weighted by Crippen LogP contribution is -2.52. The first-order chi connectivity index (χ1) is 11.6. The van der Waals surface area contributed by atoms with E-state index in [4.69, 9.17) is 4.74 Å². The molecule has 3 heterocycles. The van der Waals surface area contributed by atoms with Crippen molar-refractivity contribution in [3.05, 3.63) is 0 Å². The van der Waals surface area contributed by atoms with E-state index in [1.165, 1.54) is 32.4 Å². The molecule has 5 heteroatoms. The molecule has 0 spiro atoms. The number of hydrogen-bond acceptors (Lipinski definition) is 3. The largest absolute Gasteiger partial charge is 0.376 e. The van der Waals surface area contributed by atoms with E-state index in [2.05, 4.69) is 24.1 Å². The third kappa shape index (κ3) is 4.85. The van der Waals surface area contributed by atoms with Gasteiger partial charge < -0.3 is 19.9 Å². The van der Waals surface area contributed by atoms with Crippen LogP contribution in [0.5, 0.6) is 0 Å². The van der Waals surface area contributed by atoms with E-state index in [-0.39, 0.29) is 18.2 Å². The second-order valence-electron chi connectivity index (χ2n) is 8.23. The number of carbonyl (C=O) groups is 1. The fourth-order valence-electron chi connectivity index (χ4n) is 4.38. The summed E-state index contributed by atoms with van der Waals surface area (Å²) in [6, 6.07) is 0.221. The lowest BCUT2D eigenvalue weighted by molar-refractivity contribution is 0.0796. The minimum absolute atomic E-state index is 0.106. The maximum Gasteiger partial charge on any atom is 0.317 e. The Morgan fingerprint density at radius 3 is 2.67 bits per heavy atom. The number of hydrogen-bond donors (Lipinski definition) is 1. The minimum Gasteiger partial charge on any atom is -0.376 e. The maximum atomic E-state index is 12.6. The number of nitrogens with one attached hydrogen (secondary N) is 1. The first-order valence-electron chi connectivity index (χ1n) is 10.0. The summed E-state index contributed by atoms with van der Waals surface area (Å²) in [5.74, 6) is 1.52. The van der Waals surface area contributed by atoms with Crippen molar-refractivity contribution < 1.29 is 9.53 Å². The van der Waals surface area contributed by atoms with Crippen LogP contribution in [0.1, 0.15) is 52.4 Å². The van der Waals surface area contributed by atoms with Gasteiger partial charge >= 0.3 is 6.03 Å². The summed E-state index contributed by atoms with van der Waals surface area (Å²) in [7, 11) is 0. The Kier molecular flexibility index (Phi) is 6.39. The van der Waals surface area contributed by atoms with E-state index in [0.717, 1.165) is 51.4 Å². The van der Waals surface area contributed by atoms with Crippen LogP contribution in [0.2, 0.25) is 0 Å². The number of urea groups is 1. The molecule has 0 saturated carbocycles. The van der Waals surface area contributed by atoms with E-state index in [1.807, 2.05) is 4.90 Å². The molecule has 3 aliphatic heterocycles. The van der Waals surface area contributed by atoms with Crippen LogP contribution in [0.25, 0.3) is 0 Å². The Balaban J connectivity index is 1.43. The van der Waals surface area contributed by atoms with Gasteiger partial charge in [-0.15, -0.1) is 0 Å². The van der Waals surface area contributed by atoms with Crippen LogP contribution in [-0.4, -0.2) is 67.3 Å². The van der Waals surface area contributed by atoms with Crippen molar-refractivity contribution in [2.24, 2.45) is 11.8 Å². The van der Waals surface area contributed by atoms with Crippen molar-refractivity contribution in [2.75, 3.05) is 39.3 Å². The van der Waals surface area contributed by atoms with Crippen molar-refractivity contribution >= 4 is 6.03 Å². The molecule has 2 amide bonds. The maximum absolute atomic E-state index is 12.6. The number of carbonyl (C=O) groups excluding carboxylic acids is 1. The number of amides is 2. The summed E-state index contributed by atoms with van der Waals surface area (Å²) in [6.07, 6.45) is 7.44. The smallest absolute Gasteiger partial charge is 0.317 e. The Bertz CT molecular complexity index is 403. The summed E-state index contributed by atoms with van der Waals surface area (Å²) >= 11 is 0. The number of likely N-dealkylation sites (tertiary alicyclic amines) is 2. The van der Waals surface area contributed by atoms with E-state index in [9.17, 15) is 4.79 Å². The van der Waals surface area contributed by atoms with Crippen molar-refractivity contribution in [2.45, 2.75) is 64.5 Å². The number of piperidine rings is 2. The van der Waals surface area contributed by atoms with Crippen molar-refractivity contribution in [3.63, 3.8) is 0 Å². The minimum atomic E-state index is 0.106. The molecule has 1 N–H and O–H groups in total. The van der Waals surface area contributed by atoms with Gasteiger partial charge in [0, 0.05) is 26.2 Å². The van der Waals surface area contributed by atoms with Gasteiger partial charge in [0.2, 0.25) is 0 Å². The first kappa shape index (κ1) is 18.0. The van der Waals surface area contributed by atoms with E-state index < -0.39 is 0 Å². The van der Waals surface area contributed by atoms with Gasteiger partial charge in [-0.3, -0.25) is 0 Å². The highest BCUT2D eigenvalue weighted by Gasteiger charge is 2.29. The van der Waals surface area contributed by atoms with Gasteiger partial charge in [0.1, 0.15) is 0 Å². The van der Waals surface area contributed by atoms with E-state index >= 15 is 0 Å². The van der Waals surface area contributed by atoms with Crippen LogP contribution in [0.15, 0.2) is 0 Å². The zero-order chi connectivity index (χ0) is 16.9. The Hall–Kier alpha value is -0.810. The van der Waals surface area contributed by atoms with Gasteiger partial charge in [-0.25, -0.2) is 4.79 Å². The Morgan fingerprint density at radius 1 is 1.17 bits per heavy atom. The van der Waals surface area contributed by atoms with Gasteiger partial charge in [0.25, 0.3) is 0 Å². The molecule has 0 radical (unpaired) electrons. The van der Waals surface area contributed by atoms with Crippen molar-refractivity contribution in [3.8, 4) is 0 Å². The molecule has 5 nitrogen and oxygen atoms in total. The lowest BCUT2D eigenvalue weighted by Gasteiger charge is -2.38. The standard InChI is InChI=1S/C19H35N3O2/c1-15-7-10-21(11-8-15)13-17-5-3-9-22(14-17)19(23)20-16(2)18-6-4-12-24-18/h15-18H,3-14H2,1-2H3,(H,20,23)/t16-,17-,18-/m0/s1. The van der Waals surface area contributed by atoms with Gasteiger partial charge in [-0.05, 0) is 70.4 Å². The average Bonchev–Trinajstić information content (AvgIpc) is 3.12. The number of nitrogens with zero attached hydrogens (tertiary/aromatic N) is 2. The highest BCUT2D eigenvalue weighted by Crippen LogP contribution is 2.22. The molecule has 138 valence electrons. The molecule has 0 aromatic heterocycles. The topological polar surface area (TPSA) is 44.8 Å². The van der Waals surface area contributed by atoms with Gasteiger partial charge in [0.15, 0.2) is 0 Å². The highest BCUT2D eigenvalue weighted by molar-refractivity contribution is 5.74. The first-order valence-corrected chi connectivity index (χ1v) is 10.0. The molecular weight excluding hydrogens is 302 g/mol. The van der Waals surface area contributed by atoms with Crippen LogP contribution < -0.4 is 5.32 Å². The van der Waals surface area contributed by atoms with Crippen LogP contribution in [-0.2, 0) is 4.74 Å². The Labute approximate surface area is 147 Å². The predicted octanol–water partition coefficient (Wildman–Crippen LogP) is 2.71. The fraction of sp³-hybridized carbons (Fsp3) is 0.947. The van der Waals surface area contributed by atoms with Crippen LogP contribution >= 0.6 is 0 Å². The highest BCUT2D eigenvalue weighted by atomic mass is 16.5. The second-order valence-corrected chi connectivity index (χ2v) is 8.23. The molecule has 3 fully saturated rings. The molecule has 0 aromatic rings. The fourth-order valence-corrected chi connectivity index (χ4v) is 4.38. The third-order valence-corrected chi connectivity index (χ3v) is 6.07. The second kappa shape index (κ2) is 8.52. The van der Waals surface area contributed by atoms with Gasteiger partial charge in [0.05, 0.1) is 12.1 Å². The molecule has 0 unspecified atom stereocenters. The summed E-state index contributed by atoms with van der Waals surface area (Å²) in [5, 5.41) is 3.17. The lowest BCUT2D eigenvalue weighted by atomic mass is 9.94. The quantitative estimate of drug-likeness (QED) is 0.858. The zero-order valence-corrected chi connectivity index (χ0v) is 15.5. The molecule has 0 aromatic carbocycles. The molecule has 3 rings (SSSR count). The molecule has 24 heavy (non-hydrogen) atoms. The van der Waals surface area contributed by atoms with Crippen LogP contribution in [0, 0.1) is 11.8 Å². The molecule has 0 bridgehead atoms. The predicted molar refractivity (Wildman–Crippen MR) is 96.1 cm³/mol. The van der Waals surface area contributed by atoms with Gasteiger partial charge in [-0.2, -0.15) is 0 Å². The molecule has 3 aliphatic rings. The van der Waals surface area contributed by atoms with Crippen molar-refractivity contribution in [1.82, 2.24) is 15.1 Å². The zero-order valence-electron chi connectivity index (χ0n) is 15.5. The molecule has 3 atom stereocenters. The summed E-state index contributed by atoms with van der Waals surface area (Å²) < 4.78 is 5.69. The Morgan fingerprint density at radius 2 is 1.96 bits per heavy atom. The van der Waals surface area contributed by atoms with Crippen LogP contribution in [0.4, 0.5) is 4.79 Å². The summed E-state index contributed by atoms with van der Waals surface area (Å²) in [6.45, 7) is 10.7. The molecule has 3 saturated heterocycles.